The number of rotatable bonds is 9. The molecule has 1 aliphatic carbocycles. The number of benzene rings is 2. The van der Waals surface area contributed by atoms with Gasteiger partial charge in [-0.25, -0.2) is 0 Å². The molecule has 11 heteroatoms. The maximum atomic E-state index is 13.5. The lowest BCUT2D eigenvalue weighted by Gasteiger charge is -2.35. The van der Waals surface area contributed by atoms with E-state index in [0.717, 1.165) is 30.6 Å². The van der Waals surface area contributed by atoms with Crippen LogP contribution in [0.15, 0.2) is 48.5 Å². The number of carbonyl (C=O) groups excluding carboxylic acids is 6. The molecule has 0 aromatic heterocycles. The first-order valence-corrected chi connectivity index (χ1v) is 14.5. The van der Waals surface area contributed by atoms with Gasteiger partial charge in [-0.3, -0.25) is 39.0 Å². The summed E-state index contributed by atoms with van der Waals surface area (Å²) in [5.74, 6) is -2.18. The lowest BCUT2D eigenvalue weighted by Crippen LogP contribution is -2.54. The van der Waals surface area contributed by atoms with Crippen LogP contribution in [0, 0.1) is 5.92 Å². The van der Waals surface area contributed by atoms with Crippen molar-refractivity contribution in [1.29, 1.82) is 0 Å². The number of amides is 5. The van der Waals surface area contributed by atoms with Gasteiger partial charge in [0, 0.05) is 31.1 Å². The molecule has 0 spiro atoms. The van der Waals surface area contributed by atoms with E-state index in [1.165, 1.54) is 0 Å². The first-order valence-electron chi connectivity index (χ1n) is 14.5. The highest BCUT2D eigenvalue weighted by Gasteiger charge is 2.46. The molecule has 3 aliphatic heterocycles. The molecule has 4 aliphatic rings. The third-order valence-electron chi connectivity index (χ3n) is 8.61. The Morgan fingerprint density at radius 1 is 0.881 bits per heavy atom. The number of carbonyl (C=O) groups is 6. The van der Waals surface area contributed by atoms with Crippen molar-refractivity contribution < 1.29 is 28.8 Å². The summed E-state index contributed by atoms with van der Waals surface area (Å²) in [7, 11) is 0. The molecule has 2 unspecified atom stereocenters. The monoisotopic (exact) mass is 571 g/mol. The van der Waals surface area contributed by atoms with E-state index in [1.54, 1.807) is 36.4 Å². The van der Waals surface area contributed by atoms with E-state index in [0.29, 0.717) is 24.3 Å². The molecule has 218 valence electrons. The number of nitrogens with zero attached hydrogens (tertiary/aromatic N) is 2. The molecule has 0 radical (unpaired) electrons. The van der Waals surface area contributed by atoms with Gasteiger partial charge in [-0.05, 0) is 62.3 Å². The van der Waals surface area contributed by atoms with Crippen molar-refractivity contribution in [2.45, 2.75) is 56.7 Å². The number of piperidine rings is 2. The molecule has 1 saturated carbocycles. The predicted molar refractivity (Wildman–Crippen MR) is 152 cm³/mol. The number of Topliss-reactive ketones (excluding diaryl/α,β-unsaturated/α-hetero) is 1. The molecular formula is C31H33N5O6. The average Bonchev–Trinajstić information content (AvgIpc) is 3.81. The van der Waals surface area contributed by atoms with Crippen LogP contribution < -0.4 is 20.9 Å². The van der Waals surface area contributed by atoms with E-state index < -0.39 is 35.7 Å². The van der Waals surface area contributed by atoms with Crippen LogP contribution in [0.25, 0.3) is 0 Å². The zero-order chi connectivity index (χ0) is 29.4. The van der Waals surface area contributed by atoms with Crippen LogP contribution in [0.1, 0.15) is 69.6 Å². The van der Waals surface area contributed by atoms with Crippen LogP contribution in [0.3, 0.4) is 0 Å². The first-order chi connectivity index (χ1) is 20.3. The van der Waals surface area contributed by atoms with Crippen molar-refractivity contribution in [3.8, 4) is 0 Å². The van der Waals surface area contributed by atoms with Crippen molar-refractivity contribution in [2.24, 2.45) is 5.92 Å². The Morgan fingerprint density at radius 2 is 1.62 bits per heavy atom. The largest absolute Gasteiger partial charge is 0.371 e. The average molecular weight is 572 g/mol. The third kappa shape index (κ3) is 5.44. The van der Waals surface area contributed by atoms with Gasteiger partial charge in [-0.2, -0.15) is 0 Å². The number of nitrogens with one attached hydrogen (secondary N) is 3. The van der Waals surface area contributed by atoms with Crippen LogP contribution in [-0.4, -0.2) is 78.0 Å². The van der Waals surface area contributed by atoms with E-state index in [4.69, 9.17) is 0 Å². The van der Waals surface area contributed by atoms with Gasteiger partial charge < -0.3 is 15.5 Å². The molecule has 42 heavy (non-hydrogen) atoms. The van der Waals surface area contributed by atoms with Crippen molar-refractivity contribution >= 4 is 41.0 Å². The van der Waals surface area contributed by atoms with Gasteiger partial charge in [0.1, 0.15) is 6.04 Å². The van der Waals surface area contributed by atoms with E-state index in [9.17, 15) is 28.8 Å². The molecule has 3 fully saturated rings. The molecule has 0 bridgehead atoms. The minimum absolute atomic E-state index is 0.0252. The van der Waals surface area contributed by atoms with E-state index >= 15 is 0 Å². The quantitative estimate of drug-likeness (QED) is 0.384. The highest BCUT2D eigenvalue weighted by molar-refractivity contribution is 6.25. The number of imide groups is 2. The Labute approximate surface area is 243 Å². The van der Waals surface area contributed by atoms with Crippen LogP contribution in [0.5, 0.6) is 0 Å². The Morgan fingerprint density at radius 3 is 2.31 bits per heavy atom. The highest BCUT2D eigenvalue weighted by atomic mass is 16.2. The van der Waals surface area contributed by atoms with Gasteiger partial charge in [-0.15, -0.1) is 0 Å². The summed E-state index contributed by atoms with van der Waals surface area (Å²) < 4.78 is 0. The first kappa shape index (κ1) is 27.8. The molecule has 6 rings (SSSR count). The van der Waals surface area contributed by atoms with Crippen LogP contribution in [-0.2, 0) is 14.4 Å². The summed E-state index contributed by atoms with van der Waals surface area (Å²) >= 11 is 0. The molecule has 2 aromatic rings. The maximum absolute atomic E-state index is 13.5. The Hall–Kier alpha value is -4.38. The van der Waals surface area contributed by atoms with Crippen molar-refractivity contribution in [2.75, 3.05) is 24.5 Å². The Kier molecular flexibility index (Phi) is 7.59. The summed E-state index contributed by atoms with van der Waals surface area (Å²) in [5.41, 5.74) is 1.73. The number of ketones is 1. The van der Waals surface area contributed by atoms with Crippen molar-refractivity contribution in [3.63, 3.8) is 0 Å². The van der Waals surface area contributed by atoms with Crippen LogP contribution in [0.2, 0.25) is 0 Å². The van der Waals surface area contributed by atoms with Crippen LogP contribution in [0.4, 0.5) is 5.69 Å². The highest BCUT2D eigenvalue weighted by Crippen LogP contribution is 2.36. The summed E-state index contributed by atoms with van der Waals surface area (Å²) in [6.07, 6.45) is 3.47. The van der Waals surface area contributed by atoms with Gasteiger partial charge in [0.15, 0.2) is 5.78 Å². The van der Waals surface area contributed by atoms with Gasteiger partial charge in [0.05, 0.1) is 29.4 Å². The topological polar surface area (TPSA) is 145 Å². The normalized spacial score (nSPS) is 21.7. The third-order valence-corrected chi connectivity index (χ3v) is 8.61. The van der Waals surface area contributed by atoms with Crippen molar-refractivity contribution in [1.82, 2.24) is 20.9 Å². The zero-order valence-corrected chi connectivity index (χ0v) is 23.1. The maximum Gasteiger partial charge on any atom is 0.264 e. The SMILES string of the molecule is O=C1CCC(N2C(=O)c3cccc(N4CCC(NCC(=O)C(NC(=O)c5ccccc5)C5CC5)CC4)c3C2=O)C(=O)N1. The number of hydrogen-bond acceptors (Lipinski definition) is 8. The fourth-order valence-corrected chi connectivity index (χ4v) is 6.14. The smallest absolute Gasteiger partial charge is 0.264 e. The van der Waals surface area contributed by atoms with E-state index in [-0.39, 0.29) is 54.2 Å². The minimum Gasteiger partial charge on any atom is -0.371 e. The second kappa shape index (κ2) is 11.5. The van der Waals surface area contributed by atoms with Gasteiger partial charge >= 0.3 is 0 Å². The number of anilines is 1. The molecule has 2 atom stereocenters. The zero-order valence-electron chi connectivity index (χ0n) is 23.1. The Balaban J connectivity index is 1.06. The number of hydrogen-bond donors (Lipinski definition) is 3. The standard InChI is InChI=1S/C31H33N5O6/c37-24(27(18-9-10-18)34-28(39)19-5-2-1-3-6-19)17-32-20-13-15-35(16-14-20)22-8-4-7-21-26(22)31(42)36(30(21)41)23-11-12-25(38)33-29(23)40/h1-8,18,20,23,27,32H,9-17H2,(H,34,39)(H,33,38,40). The van der Waals surface area contributed by atoms with Crippen LogP contribution >= 0.6 is 0 Å². The minimum atomic E-state index is -1.01. The second-order valence-electron chi connectivity index (χ2n) is 11.4. The summed E-state index contributed by atoms with van der Waals surface area (Å²) in [4.78, 5) is 79.5. The lowest BCUT2D eigenvalue weighted by molar-refractivity contribution is -0.136. The molecule has 11 nitrogen and oxygen atoms in total. The fraction of sp³-hybridized carbons (Fsp3) is 0.419. The molecular weight excluding hydrogens is 538 g/mol. The summed E-state index contributed by atoms with van der Waals surface area (Å²) in [6, 6.07) is 12.6. The molecule has 2 saturated heterocycles. The molecule has 3 heterocycles. The van der Waals surface area contributed by atoms with E-state index in [1.807, 2.05) is 12.1 Å². The number of fused-ring (bicyclic) bond motifs is 1. The molecule has 2 aromatic carbocycles. The van der Waals surface area contributed by atoms with E-state index in [2.05, 4.69) is 20.9 Å². The van der Waals surface area contributed by atoms with Gasteiger partial charge in [0.25, 0.3) is 17.7 Å². The molecule has 5 amide bonds. The summed E-state index contributed by atoms with van der Waals surface area (Å²) in [5, 5.41) is 8.52. The Bertz CT molecular complexity index is 1450. The van der Waals surface area contributed by atoms with Crippen molar-refractivity contribution in [3.05, 3.63) is 65.2 Å². The predicted octanol–water partition coefficient (Wildman–Crippen LogP) is 1.42. The second-order valence-corrected chi connectivity index (χ2v) is 11.4. The molecule has 3 N–H and O–H groups in total. The summed E-state index contributed by atoms with van der Waals surface area (Å²) in [6.45, 7) is 1.38. The van der Waals surface area contributed by atoms with Gasteiger partial charge in [-0.1, -0.05) is 24.3 Å². The van der Waals surface area contributed by atoms with Gasteiger partial charge in [0.2, 0.25) is 11.8 Å². The lowest BCUT2D eigenvalue weighted by atomic mass is 10.0. The fourth-order valence-electron chi connectivity index (χ4n) is 6.14.